The third kappa shape index (κ3) is 3.53. The molecule has 3 N–H and O–H groups in total. The molecular weight excluding hydrogens is 140 g/mol. The number of aliphatic hydroxyl groups excluding tert-OH is 3. The molecule has 0 aromatic rings. The molecule has 0 heterocycles. The number of aliphatic hydroxyl groups is 3. The average Bonchev–Trinajstić information content (AvgIpc) is 1.87. The highest BCUT2D eigenvalue weighted by atomic mass is 32.1. The van der Waals surface area contributed by atoms with Gasteiger partial charge in [-0.1, -0.05) is 12.2 Å². The van der Waals surface area contributed by atoms with Crippen molar-refractivity contribution in [1.82, 2.24) is 0 Å². The van der Waals surface area contributed by atoms with Gasteiger partial charge in [0.15, 0.2) is 0 Å². The smallest absolute Gasteiger partial charge is 0.103 e. The zero-order valence-electron chi connectivity index (χ0n) is 4.90. The minimum absolute atomic E-state index is 0.233. The molecule has 0 aliphatic rings. The van der Waals surface area contributed by atoms with Crippen LogP contribution in [0.1, 0.15) is 6.42 Å². The molecule has 0 bridgehead atoms. The van der Waals surface area contributed by atoms with Crippen molar-refractivity contribution in [1.29, 1.82) is 0 Å². The molecule has 9 heavy (non-hydrogen) atoms. The van der Waals surface area contributed by atoms with E-state index in [1.165, 1.54) is 5.37 Å². The predicted octanol–water partition coefficient (Wildman–Crippen LogP) is -0.910. The molecule has 0 fully saturated rings. The van der Waals surface area contributed by atoms with Crippen LogP contribution in [0.15, 0.2) is 0 Å². The normalized spacial score (nSPS) is 16.8. The Morgan fingerprint density at radius 1 is 1.33 bits per heavy atom. The lowest BCUT2D eigenvalue weighted by Gasteiger charge is -2.11. The first kappa shape index (κ1) is 8.97. The van der Waals surface area contributed by atoms with Gasteiger partial charge in [0.05, 0.1) is 12.7 Å². The van der Waals surface area contributed by atoms with Crippen molar-refractivity contribution in [2.45, 2.75) is 18.6 Å². The first-order valence-electron chi connectivity index (χ1n) is 2.63. The van der Waals surface area contributed by atoms with E-state index in [1.807, 2.05) is 0 Å². The van der Waals surface area contributed by atoms with Crippen molar-refractivity contribution in [2.24, 2.45) is 0 Å². The molecule has 4 heteroatoms. The van der Waals surface area contributed by atoms with Gasteiger partial charge in [-0.25, -0.2) is 0 Å². The number of hydrogen-bond donors (Lipinski definition) is 3. The Morgan fingerprint density at radius 3 is 2.22 bits per heavy atom. The molecule has 54 valence electrons. The molecule has 0 rings (SSSR count). The molecule has 0 aliphatic heterocycles. The first-order chi connectivity index (χ1) is 4.22. The van der Waals surface area contributed by atoms with Crippen LogP contribution in [-0.2, 0) is 0 Å². The second kappa shape index (κ2) is 4.81. The minimum atomic E-state index is -1.07. The second-order valence-corrected chi connectivity index (χ2v) is 2.05. The van der Waals surface area contributed by atoms with Crippen LogP contribution in [0.3, 0.4) is 0 Å². The zero-order valence-corrected chi connectivity index (χ0v) is 5.71. The number of hydrogen-bond acceptors (Lipinski definition) is 4. The van der Waals surface area contributed by atoms with Crippen LogP contribution in [0, 0.1) is 0 Å². The summed E-state index contributed by atoms with van der Waals surface area (Å²) in [7, 11) is 0. The van der Waals surface area contributed by atoms with Gasteiger partial charge in [-0.15, -0.1) is 0 Å². The third-order valence-corrected chi connectivity index (χ3v) is 1.16. The Labute approximate surface area is 58.9 Å². The van der Waals surface area contributed by atoms with E-state index in [-0.39, 0.29) is 6.42 Å². The number of thiocarbonyl (C=S) groups is 1. The highest BCUT2D eigenvalue weighted by Crippen LogP contribution is 1.95. The van der Waals surface area contributed by atoms with Crippen LogP contribution in [0.5, 0.6) is 0 Å². The average molecular weight is 150 g/mol. The highest BCUT2D eigenvalue weighted by Gasteiger charge is 2.12. The van der Waals surface area contributed by atoms with E-state index in [9.17, 15) is 0 Å². The Balaban J connectivity index is 3.44. The maximum Gasteiger partial charge on any atom is 0.103 e. The van der Waals surface area contributed by atoms with Crippen LogP contribution in [0.25, 0.3) is 0 Å². The van der Waals surface area contributed by atoms with Gasteiger partial charge in [0.25, 0.3) is 0 Å². The summed E-state index contributed by atoms with van der Waals surface area (Å²) in [6, 6.07) is 0. The van der Waals surface area contributed by atoms with Crippen molar-refractivity contribution in [3.8, 4) is 0 Å². The zero-order chi connectivity index (χ0) is 7.28. The molecule has 3 nitrogen and oxygen atoms in total. The van der Waals surface area contributed by atoms with Gasteiger partial charge in [-0.3, -0.25) is 0 Å². The van der Waals surface area contributed by atoms with Crippen LogP contribution in [-0.4, -0.2) is 39.5 Å². The molecule has 0 radical (unpaired) electrons. The van der Waals surface area contributed by atoms with Gasteiger partial charge in [0.1, 0.15) is 6.10 Å². The fourth-order valence-corrected chi connectivity index (χ4v) is 0.575. The van der Waals surface area contributed by atoms with E-state index in [0.717, 1.165) is 0 Å². The summed E-state index contributed by atoms with van der Waals surface area (Å²) in [4.78, 5) is 0. The summed E-state index contributed by atoms with van der Waals surface area (Å²) < 4.78 is 0. The van der Waals surface area contributed by atoms with Crippen molar-refractivity contribution < 1.29 is 15.3 Å². The minimum Gasteiger partial charge on any atom is -0.394 e. The standard InChI is InChI=1S/C5H10O3S/c6-3-5(8)4(7)1-2-9/h2,4-8H,1,3H2/t4-,5+/m0/s1. The van der Waals surface area contributed by atoms with Gasteiger partial charge in [0.2, 0.25) is 0 Å². The predicted molar refractivity (Wildman–Crippen MR) is 37.4 cm³/mol. The maximum absolute atomic E-state index is 8.81. The second-order valence-electron chi connectivity index (χ2n) is 1.72. The summed E-state index contributed by atoms with van der Waals surface area (Å²) in [5.74, 6) is 0. The Morgan fingerprint density at radius 2 is 1.89 bits per heavy atom. The SMILES string of the molecule is OC[C@@H](O)[C@@H](O)CC=S. The van der Waals surface area contributed by atoms with Gasteiger partial charge < -0.3 is 15.3 Å². The summed E-state index contributed by atoms with van der Waals surface area (Å²) >= 11 is 4.42. The van der Waals surface area contributed by atoms with Crippen LogP contribution >= 0.6 is 12.2 Å². The molecule has 0 saturated heterocycles. The topological polar surface area (TPSA) is 60.7 Å². The molecule has 0 aromatic heterocycles. The fraction of sp³-hybridized carbons (Fsp3) is 0.800. The first-order valence-corrected chi connectivity index (χ1v) is 3.10. The summed E-state index contributed by atoms with van der Waals surface area (Å²) in [5, 5.41) is 27.1. The summed E-state index contributed by atoms with van der Waals surface area (Å²) in [5.41, 5.74) is 0. The van der Waals surface area contributed by atoms with Crippen LogP contribution in [0.2, 0.25) is 0 Å². The molecule has 0 amide bonds. The van der Waals surface area contributed by atoms with Gasteiger partial charge >= 0.3 is 0 Å². The monoisotopic (exact) mass is 150 g/mol. The van der Waals surface area contributed by atoms with E-state index >= 15 is 0 Å². The molecular formula is C5H10O3S. The largest absolute Gasteiger partial charge is 0.394 e. The van der Waals surface area contributed by atoms with E-state index in [2.05, 4.69) is 12.2 Å². The van der Waals surface area contributed by atoms with Crippen molar-refractivity contribution in [2.75, 3.05) is 6.61 Å². The maximum atomic E-state index is 8.81. The van der Waals surface area contributed by atoms with E-state index in [0.29, 0.717) is 0 Å². The molecule has 0 saturated carbocycles. The lowest BCUT2D eigenvalue weighted by molar-refractivity contribution is -0.00925. The quantitative estimate of drug-likeness (QED) is 0.454. The molecule has 0 unspecified atom stereocenters. The third-order valence-electron chi connectivity index (χ3n) is 0.969. The highest BCUT2D eigenvalue weighted by molar-refractivity contribution is 7.78. The summed E-state index contributed by atoms with van der Waals surface area (Å²) in [6.07, 6.45) is -1.76. The Kier molecular flexibility index (Phi) is 4.80. The van der Waals surface area contributed by atoms with E-state index < -0.39 is 18.8 Å². The van der Waals surface area contributed by atoms with E-state index in [4.69, 9.17) is 15.3 Å². The Bertz CT molecular complexity index is 86.3. The van der Waals surface area contributed by atoms with Crippen LogP contribution < -0.4 is 0 Å². The van der Waals surface area contributed by atoms with Crippen molar-refractivity contribution in [3.05, 3.63) is 0 Å². The molecule has 0 aromatic carbocycles. The van der Waals surface area contributed by atoms with E-state index in [1.54, 1.807) is 0 Å². The summed E-state index contributed by atoms with van der Waals surface area (Å²) in [6.45, 7) is -0.426. The van der Waals surface area contributed by atoms with Gasteiger partial charge in [-0.05, 0) is 5.37 Å². The van der Waals surface area contributed by atoms with Crippen molar-refractivity contribution >= 4 is 17.6 Å². The van der Waals surface area contributed by atoms with Gasteiger partial charge in [0, 0.05) is 6.42 Å². The lowest BCUT2D eigenvalue weighted by atomic mass is 10.2. The lowest BCUT2D eigenvalue weighted by Crippen LogP contribution is -2.29. The Hall–Kier alpha value is -0.0300. The number of rotatable bonds is 4. The van der Waals surface area contributed by atoms with Crippen LogP contribution in [0.4, 0.5) is 0 Å². The molecule has 0 aliphatic carbocycles. The van der Waals surface area contributed by atoms with Crippen molar-refractivity contribution in [3.63, 3.8) is 0 Å². The van der Waals surface area contributed by atoms with Gasteiger partial charge in [-0.2, -0.15) is 0 Å². The fourth-order valence-electron chi connectivity index (χ4n) is 0.377. The molecule has 2 atom stereocenters. The molecule has 0 spiro atoms.